The van der Waals surface area contributed by atoms with Gasteiger partial charge in [0.05, 0.1) is 0 Å². The van der Waals surface area contributed by atoms with E-state index in [1.54, 1.807) is 0 Å². The van der Waals surface area contributed by atoms with Crippen molar-refractivity contribution < 1.29 is 3.79 Å². The van der Waals surface area contributed by atoms with E-state index in [1.807, 2.05) is 0 Å². The highest BCUT2D eigenvalue weighted by molar-refractivity contribution is 6.39. The van der Waals surface area contributed by atoms with Gasteiger partial charge in [-0.3, -0.25) is 0 Å². The molecule has 0 rings (SSSR count). The summed E-state index contributed by atoms with van der Waals surface area (Å²) in [4.78, 5) is 0. The second kappa shape index (κ2) is 3.94. The molecule has 3 heteroatoms. The van der Waals surface area contributed by atoms with Crippen LogP contribution in [0.25, 0.3) is 0 Å². The summed E-state index contributed by atoms with van der Waals surface area (Å²) in [7, 11) is 0. The Kier molecular flexibility index (Phi) is 4.45. The van der Waals surface area contributed by atoms with E-state index in [2.05, 4.69) is 25.4 Å². The summed E-state index contributed by atoms with van der Waals surface area (Å²) in [5.41, 5.74) is 0. The van der Waals surface area contributed by atoms with E-state index in [-0.39, 0.29) is 20.0 Å². The number of rotatable bonds is 3. The third-order valence-electron chi connectivity index (χ3n) is 1.12. The number of hydrogen-bond acceptors (Lipinski definition) is 1. The fourth-order valence-electron chi connectivity index (χ4n) is 0.372. The zero-order valence-electron chi connectivity index (χ0n) is 6.06. The van der Waals surface area contributed by atoms with Crippen molar-refractivity contribution in [3.63, 3.8) is 0 Å². The van der Waals surface area contributed by atoms with Gasteiger partial charge in [-0.15, -0.1) is 5.79 Å². The van der Waals surface area contributed by atoms with Gasteiger partial charge in [0, 0.05) is 0 Å². The lowest BCUT2D eigenvalue weighted by atomic mass is 10.5. The van der Waals surface area contributed by atoms with E-state index in [4.69, 9.17) is 3.79 Å². The first-order valence-electron chi connectivity index (χ1n) is 2.88. The van der Waals surface area contributed by atoms with Crippen molar-refractivity contribution in [2.24, 2.45) is 0 Å². The van der Waals surface area contributed by atoms with Gasteiger partial charge in [0.15, 0.2) is 0 Å². The monoisotopic (exact) mass is 142 g/mol. The van der Waals surface area contributed by atoms with Crippen LogP contribution in [-0.2, 0) is 3.79 Å². The molecular formula is C5H12Al2O. The Morgan fingerprint density at radius 2 is 1.75 bits per heavy atom. The van der Waals surface area contributed by atoms with Crippen LogP contribution in [0.5, 0.6) is 0 Å². The van der Waals surface area contributed by atoms with Crippen LogP contribution in [0.15, 0.2) is 0 Å². The molecule has 0 heterocycles. The van der Waals surface area contributed by atoms with Crippen LogP contribution in [0.3, 0.4) is 0 Å². The van der Waals surface area contributed by atoms with E-state index in [0.717, 1.165) is 0 Å². The van der Waals surface area contributed by atoms with Crippen molar-refractivity contribution in [1.29, 1.82) is 0 Å². The van der Waals surface area contributed by atoms with E-state index in [9.17, 15) is 0 Å². The molecule has 0 amide bonds. The van der Waals surface area contributed by atoms with Crippen LogP contribution in [-0.4, -0.2) is 35.2 Å². The molecule has 0 aromatic rings. The van der Waals surface area contributed by atoms with E-state index < -0.39 is 0 Å². The molecule has 0 atom stereocenters. The molecule has 0 aliphatic heterocycles. The molecule has 0 unspecified atom stereocenters. The van der Waals surface area contributed by atoms with Gasteiger partial charge in [-0.2, -0.15) is 0 Å². The summed E-state index contributed by atoms with van der Waals surface area (Å²) < 4.78 is 5.71. The lowest BCUT2D eigenvalue weighted by Gasteiger charge is -2.24. The first-order chi connectivity index (χ1) is 3.62. The minimum atomic E-state index is 0.212. The first kappa shape index (κ1) is 9.02. The van der Waals surface area contributed by atoms with Crippen LogP contribution in [0, 0.1) is 0 Å². The molecule has 0 aliphatic rings. The Morgan fingerprint density at radius 1 is 1.25 bits per heavy atom. The van der Waals surface area contributed by atoms with Gasteiger partial charge in [-0.05, 0) is 4.46 Å². The summed E-state index contributed by atoms with van der Waals surface area (Å²) in [5, 5.41) is 0. The second-order valence-corrected chi connectivity index (χ2v) is 4.92. The van der Waals surface area contributed by atoms with E-state index in [1.165, 1.54) is 0 Å². The predicted octanol–water partition coefficient (Wildman–Crippen LogP) is 1.16. The van der Waals surface area contributed by atoms with Crippen LogP contribution in [0.1, 0.15) is 13.8 Å². The molecular weight excluding hydrogens is 130 g/mol. The third kappa shape index (κ3) is 3.96. The number of hydrogen-bond donors (Lipinski definition) is 0. The Balaban J connectivity index is 3.37. The molecule has 0 aromatic carbocycles. The molecule has 2 radical (unpaired) electrons. The smallest absolute Gasteiger partial charge is 0.419 e. The van der Waals surface area contributed by atoms with Crippen molar-refractivity contribution in [2.75, 3.05) is 0 Å². The Labute approximate surface area is 64.6 Å². The Hall–Kier alpha value is 1.02. The first-order valence-corrected chi connectivity index (χ1v) is 6.24. The van der Waals surface area contributed by atoms with Gasteiger partial charge < -0.3 is 3.79 Å². The summed E-state index contributed by atoms with van der Waals surface area (Å²) in [6.07, 6.45) is 0. The van der Waals surface area contributed by atoms with Gasteiger partial charge in [-0.25, -0.2) is 0 Å². The fourth-order valence-corrected chi connectivity index (χ4v) is 1.93. The zero-order valence-corrected chi connectivity index (χ0v) is 8.37. The highest BCUT2D eigenvalue weighted by Gasteiger charge is 2.13. The summed E-state index contributed by atoms with van der Waals surface area (Å²) in [6, 6.07) is 0. The Bertz CT molecular complexity index is 63.4. The van der Waals surface area contributed by atoms with Crippen molar-refractivity contribution >= 4 is 30.8 Å². The topological polar surface area (TPSA) is 9.23 Å². The molecule has 0 N–H and O–H groups in total. The molecule has 0 saturated heterocycles. The van der Waals surface area contributed by atoms with Crippen LogP contribution in [0.4, 0.5) is 0 Å². The standard InChI is InChI=1S/C3H6O.2CH3.2Al/c1-3(2)4;;;;/h1-2H3;2*1H3;;/q-1;;;;+1. The largest absolute Gasteiger partial charge is 0.515 e. The maximum Gasteiger partial charge on any atom is 0.419 e. The molecule has 0 spiro atoms. The maximum absolute atomic E-state index is 5.50. The fraction of sp³-hybridized carbons (Fsp3) is 1.00. The molecule has 0 saturated carbocycles. The van der Waals surface area contributed by atoms with Gasteiger partial charge in [-0.1, -0.05) is 19.6 Å². The van der Waals surface area contributed by atoms with Gasteiger partial charge in [0.1, 0.15) is 0 Å². The van der Waals surface area contributed by atoms with Crippen LogP contribution < -0.4 is 0 Å². The molecule has 1 nitrogen and oxygen atoms in total. The minimum absolute atomic E-state index is 0.212. The van der Waals surface area contributed by atoms with Gasteiger partial charge in [0.25, 0.3) is 0 Å². The average Bonchev–Trinajstić information content (AvgIpc) is 1.67. The summed E-state index contributed by atoms with van der Waals surface area (Å²) in [6.45, 7) is 4.33. The van der Waals surface area contributed by atoms with Crippen molar-refractivity contribution in [1.82, 2.24) is 0 Å². The van der Waals surface area contributed by atoms with E-state index in [0.29, 0.717) is 15.2 Å². The van der Waals surface area contributed by atoms with Crippen molar-refractivity contribution in [2.45, 2.75) is 29.9 Å². The quantitative estimate of drug-likeness (QED) is 0.537. The van der Waals surface area contributed by atoms with Gasteiger partial charge >= 0.3 is 15.6 Å². The SMILES string of the molecule is [CH3][Al][O][C](C)(C)[Al][CH3]. The van der Waals surface area contributed by atoms with E-state index >= 15 is 0 Å². The van der Waals surface area contributed by atoms with Crippen molar-refractivity contribution in [3.05, 3.63) is 0 Å². The van der Waals surface area contributed by atoms with Crippen LogP contribution >= 0.6 is 0 Å². The molecule has 8 heavy (non-hydrogen) atoms. The average molecular weight is 142 g/mol. The highest BCUT2D eigenvalue weighted by Crippen LogP contribution is 2.03. The zero-order chi connectivity index (χ0) is 6.62. The summed E-state index contributed by atoms with van der Waals surface area (Å²) in [5.74, 6) is 4.35. The van der Waals surface area contributed by atoms with Crippen LogP contribution in [0.2, 0.25) is 11.6 Å². The van der Waals surface area contributed by atoms with Crippen molar-refractivity contribution in [3.8, 4) is 0 Å². The molecule has 0 bridgehead atoms. The lowest BCUT2D eigenvalue weighted by Crippen LogP contribution is -2.31. The third-order valence-corrected chi connectivity index (χ3v) is 3.76. The predicted molar refractivity (Wildman–Crippen MR) is 38.4 cm³/mol. The molecule has 0 aliphatic carbocycles. The Morgan fingerprint density at radius 3 is 1.88 bits per heavy atom. The minimum Gasteiger partial charge on any atom is -0.515 e. The molecule has 0 fully saturated rings. The highest BCUT2D eigenvalue weighted by atomic mass is 27.1. The van der Waals surface area contributed by atoms with Gasteiger partial charge in [0.2, 0.25) is 15.2 Å². The normalized spacial score (nSPS) is 11.0. The summed E-state index contributed by atoms with van der Waals surface area (Å²) >= 11 is 0.688. The molecule has 0 aromatic heterocycles. The maximum atomic E-state index is 5.50. The second-order valence-electron chi connectivity index (χ2n) is 2.25. The molecule has 44 valence electrons. The lowest BCUT2D eigenvalue weighted by molar-refractivity contribution is 0.207.